The third-order valence-electron chi connectivity index (χ3n) is 4.10. The summed E-state index contributed by atoms with van der Waals surface area (Å²) in [6.45, 7) is 11.7. The van der Waals surface area contributed by atoms with E-state index in [1.165, 1.54) is 32.1 Å². The van der Waals surface area contributed by atoms with E-state index in [4.69, 9.17) is 0 Å². The summed E-state index contributed by atoms with van der Waals surface area (Å²) in [5.74, 6) is 2.55. The van der Waals surface area contributed by atoms with Crippen LogP contribution >= 0.6 is 0 Å². The second-order valence-corrected chi connectivity index (χ2v) is 5.64. The molecule has 0 aromatic carbocycles. The highest BCUT2D eigenvalue weighted by molar-refractivity contribution is 4.76. The molecule has 3 atom stereocenters. The van der Waals surface area contributed by atoms with Crippen molar-refractivity contribution in [3.8, 4) is 0 Å². The van der Waals surface area contributed by atoms with Gasteiger partial charge in [-0.1, -0.05) is 53.4 Å². The topological polar surface area (TPSA) is 12.0 Å². The van der Waals surface area contributed by atoms with Crippen molar-refractivity contribution >= 4 is 0 Å². The van der Waals surface area contributed by atoms with Crippen LogP contribution in [0.5, 0.6) is 0 Å². The van der Waals surface area contributed by atoms with Crippen molar-refractivity contribution in [2.45, 2.75) is 72.8 Å². The first-order valence-corrected chi connectivity index (χ1v) is 7.23. The number of hydrogen-bond donors (Lipinski definition) is 1. The highest BCUT2D eigenvalue weighted by Gasteiger charge is 2.22. The molecule has 0 saturated carbocycles. The molecule has 0 aliphatic carbocycles. The summed E-state index contributed by atoms with van der Waals surface area (Å²) in [6.07, 6.45) is 6.91. The molecule has 0 bridgehead atoms. The third kappa shape index (κ3) is 5.89. The average molecular weight is 227 g/mol. The van der Waals surface area contributed by atoms with Gasteiger partial charge in [-0.25, -0.2) is 0 Å². The number of hydrogen-bond acceptors (Lipinski definition) is 1. The highest BCUT2D eigenvalue weighted by atomic mass is 14.9. The Hall–Kier alpha value is -0.0400. The molecule has 16 heavy (non-hydrogen) atoms. The van der Waals surface area contributed by atoms with E-state index < -0.39 is 0 Å². The Labute approximate surface area is 103 Å². The Morgan fingerprint density at radius 3 is 2.06 bits per heavy atom. The van der Waals surface area contributed by atoms with Gasteiger partial charge in [-0.2, -0.15) is 0 Å². The number of unbranched alkanes of at least 4 members (excludes halogenated alkanes) is 1. The molecule has 0 saturated heterocycles. The van der Waals surface area contributed by atoms with Crippen molar-refractivity contribution in [1.82, 2.24) is 5.32 Å². The van der Waals surface area contributed by atoms with E-state index in [9.17, 15) is 0 Å². The molecule has 0 rings (SSSR count). The predicted molar refractivity (Wildman–Crippen MR) is 74.8 cm³/mol. The van der Waals surface area contributed by atoms with Crippen LogP contribution in [0.15, 0.2) is 0 Å². The van der Waals surface area contributed by atoms with Crippen LogP contribution in [0.4, 0.5) is 0 Å². The van der Waals surface area contributed by atoms with Gasteiger partial charge in [0, 0.05) is 6.04 Å². The van der Waals surface area contributed by atoms with E-state index in [1.807, 2.05) is 0 Å². The molecule has 0 aromatic rings. The van der Waals surface area contributed by atoms with Gasteiger partial charge in [0.05, 0.1) is 0 Å². The van der Waals surface area contributed by atoms with Gasteiger partial charge < -0.3 is 5.32 Å². The van der Waals surface area contributed by atoms with E-state index in [0.717, 1.165) is 17.8 Å². The monoisotopic (exact) mass is 227 g/mol. The van der Waals surface area contributed by atoms with Crippen LogP contribution in [0.3, 0.4) is 0 Å². The molecular formula is C15H33N. The van der Waals surface area contributed by atoms with Crippen molar-refractivity contribution in [2.24, 2.45) is 17.8 Å². The Morgan fingerprint density at radius 2 is 1.69 bits per heavy atom. The van der Waals surface area contributed by atoms with Crippen LogP contribution in [0.1, 0.15) is 66.7 Å². The molecular weight excluding hydrogens is 194 g/mol. The minimum absolute atomic E-state index is 0.649. The summed E-state index contributed by atoms with van der Waals surface area (Å²) in [5, 5.41) is 3.43. The van der Waals surface area contributed by atoms with Gasteiger partial charge in [0.2, 0.25) is 0 Å². The molecule has 1 nitrogen and oxygen atoms in total. The molecule has 1 heteroatoms. The molecule has 0 radical (unpaired) electrons. The van der Waals surface area contributed by atoms with Crippen LogP contribution in [0.25, 0.3) is 0 Å². The smallest absolute Gasteiger partial charge is 0.00665 e. The maximum absolute atomic E-state index is 3.43. The van der Waals surface area contributed by atoms with E-state index in [-0.39, 0.29) is 0 Å². The summed E-state index contributed by atoms with van der Waals surface area (Å²) >= 11 is 0. The zero-order chi connectivity index (χ0) is 12.6. The van der Waals surface area contributed by atoms with Crippen molar-refractivity contribution in [3.63, 3.8) is 0 Å². The predicted octanol–water partition coefficient (Wildman–Crippen LogP) is 4.47. The Balaban J connectivity index is 4.23. The standard InChI is InChI=1S/C15H33N/c1-7-9-10-14(8-2)11-15(12(3)4)13(5)16-6/h12-16H,7-11H2,1-6H3. The minimum atomic E-state index is 0.649. The summed E-state index contributed by atoms with van der Waals surface area (Å²) in [7, 11) is 2.09. The molecule has 1 N–H and O–H groups in total. The zero-order valence-corrected chi connectivity index (χ0v) is 12.3. The lowest BCUT2D eigenvalue weighted by atomic mass is 9.79. The van der Waals surface area contributed by atoms with Gasteiger partial charge in [0.15, 0.2) is 0 Å². The molecule has 0 spiro atoms. The maximum Gasteiger partial charge on any atom is 0.00665 e. The van der Waals surface area contributed by atoms with Crippen molar-refractivity contribution in [2.75, 3.05) is 7.05 Å². The first kappa shape index (κ1) is 16.0. The number of nitrogens with one attached hydrogen (secondary N) is 1. The summed E-state index contributed by atoms with van der Waals surface area (Å²) in [6, 6.07) is 0.649. The Morgan fingerprint density at radius 1 is 1.06 bits per heavy atom. The lowest BCUT2D eigenvalue weighted by Crippen LogP contribution is -2.35. The molecule has 0 amide bonds. The highest BCUT2D eigenvalue weighted by Crippen LogP contribution is 2.28. The summed E-state index contributed by atoms with van der Waals surface area (Å²) < 4.78 is 0. The second kappa shape index (κ2) is 9.04. The Bertz CT molecular complexity index is 154. The molecule has 98 valence electrons. The molecule has 0 aliphatic heterocycles. The fourth-order valence-corrected chi connectivity index (χ4v) is 2.63. The van der Waals surface area contributed by atoms with Crippen LogP contribution in [-0.2, 0) is 0 Å². The van der Waals surface area contributed by atoms with Gasteiger partial charge in [0.25, 0.3) is 0 Å². The largest absolute Gasteiger partial charge is 0.317 e. The number of rotatable bonds is 9. The second-order valence-electron chi connectivity index (χ2n) is 5.64. The van der Waals surface area contributed by atoms with Crippen LogP contribution < -0.4 is 5.32 Å². The van der Waals surface area contributed by atoms with Crippen LogP contribution in [0, 0.1) is 17.8 Å². The zero-order valence-electron chi connectivity index (χ0n) is 12.3. The third-order valence-corrected chi connectivity index (χ3v) is 4.10. The van der Waals surface area contributed by atoms with Crippen molar-refractivity contribution in [3.05, 3.63) is 0 Å². The molecule has 0 heterocycles. The maximum atomic E-state index is 3.43. The van der Waals surface area contributed by atoms with E-state index in [1.54, 1.807) is 0 Å². The molecule has 0 aromatic heterocycles. The fraction of sp³-hybridized carbons (Fsp3) is 1.00. The molecule has 0 aliphatic rings. The normalized spacial score (nSPS) is 17.4. The first-order chi connectivity index (χ1) is 7.56. The Kier molecular flexibility index (Phi) is 9.02. The van der Waals surface area contributed by atoms with Crippen molar-refractivity contribution < 1.29 is 0 Å². The van der Waals surface area contributed by atoms with Crippen LogP contribution in [-0.4, -0.2) is 13.1 Å². The molecule has 0 fully saturated rings. The lowest BCUT2D eigenvalue weighted by Gasteiger charge is -2.30. The van der Waals surface area contributed by atoms with Gasteiger partial charge >= 0.3 is 0 Å². The quantitative estimate of drug-likeness (QED) is 0.612. The van der Waals surface area contributed by atoms with Crippen LogP contribution in [0.2, 0.25) is 0 Å². The van der Waals surface area contributed by atoms with Crippen molar-refractivity contribution in [1.29, 1.82) is 0 Å². The molecule has 3 unspecified atom stereocenters. The van der Waals surface area contributed by atoms with Gasteiger partial charge in [0.1, 0.15) is 0 Å². The summed E-state index contributed by atoms with van der Waals surface area (Å²) in [5.41, 5.74) is 0. The summed E-state index contributed by atoms with van der Waals surface area (Å²) in [4.78, 5) is 0. The van der Waals surface area contributed by atoms with E-state index in [2.05, 4.69) is 47.0 Å². The van der Waals surface area contributed by atoms with E-state index >= 15 is 0 Å². The fourth-order valence-electron chi connectivity index (χ4n) is 2.63. The van der Waals surface area contributed by atoms with Gasteiger partial charge in [-0.15, -0.1) is 0 Å². The first-order valence-electron chi connectivity index (χ1n) is 7.23. The minimum Gasteiger partial charge on any atom is -0.317 e. The average Bonchev–Trinajstić information content (AvgIpc) is 2.28. The van der Waals surface area contributed by atoms with Gasteiger partial charge in [-0.3, -0.25) is 0 Å². The van der Waals surface area contributed by atoms with Gasteiger partial charge in [-0.05, 0) is 38.1 Å². The van der Waals surface area contributed by atoms with E-state index in [0.29, 0.717) is 6.04 Å². The SMILES string of the molecule is CCCCC(CC)CC(C(C)C)C(C)NC. The lowest BCUT2D eigenvalue weighted by molar-refractivity contribution is 0.229.